The molecular weight excluding hydrogens is 416 g/mol. The van der Waals surface area contributed by atoms with E-state index in [9.17, 15) is 10.1 Å². The molecule has 3 N–H and O–H groups in total. The van der Waals surface area contributed by atoms with Crippen molar-refractivity contribution >= 4 is 28.2 Å². The van der Waals surface area contributed by atoms with E-state index in [2.05, 4.69) is 48.1 Å². The summed E-state index contributed by atoms with van der Waals surface area (Å²) in [6.45, 7) is 9.17. The van der Waals surface area contributed by atoms with Gasteiger partial charge in [0, 0.05) is 35.1 Å². The third-order valence-corrected chi connectivity index (χ3v) is 5.05. The fourth-order valence-corrected chi connectivity index (χ4v) is 3.32. The van der Waals surface area contributed by atoms with Crippen molar-refractivity contribution in [1.82, 2.24) is 30.1 Å². The van der Waals surface area contributed by atoms with Crippen molar-refractivity contribution in [1.29, 1.82) is 5.26 Å². The predicted octanol–water partition coefficient (Wildman–Crippen LogP) is 4.41. The first-order valence-corrected chi connectivity index (χ1v) is 10.3. The number of imidazole rings is 1. The van der Waals surface area contributed by atoms with Crippen LogP contribution in [-0.4, -0.2) is 36.0 Å². The van der Waals surface area contributed by atoms with Gasteiger partial charge in [0.25, 0.3) is 0 Å². The molecular formula is C24H22N8O. The maximum Gasteiger partial charge on any atom is 0.226 e. The van der Waals surface area contributed by atoms with E-state index in [1.54, 1.807) is 30.7 Å². The van der Waals surface area contributed by atoms with Crippen molar-refractivity contribution in [3.05, 3.63) is 60.8 Å². The van der Waals surface area contributed by atoms with Gasteiger partial charge in [-0.25, -0.2) is 9.97 Å². The summed E-state index contributed by atoms with van der Waals surface area (Å²) < 4.78 is 0. The number of allylic oxidation sites excluding steroid dienone is 3. The lowest BCUT2D eigenvalue weighted by molar-refractivity contribution is -0.118. The van der Waals surface area contributed by atoms with Gasteiger partial charge in [-0.15, -0.1) is 0 Å². The number of pyridine rings is 2. The molecule has 0 fully saturated rings. The smallest absolute Gasteiger partial charge is 0.226 e. The number of carbonyl (C=O) groups is 1. The van der Waals surface area contributed by atoms with Crippen molar-refractivity contribution in [2.24, 2.45) is 5.92 Å². The summed E-state index contributed by atoms with van der Waals surface area (Å²) >= 11 is 0. The molecule has 0 atom stereocenters. The molecule has 9 nitrogen and oxygen atoms in total. The molecule has 4 aromatic heterocycles. The van der Waals surface area contributed by atoms with Crippen LogP contribution in [0.1, 0.15) is 25.2 Å². The lowest BCUT2D eigenvalue weighted by Crippen LogP contribution is -2.17. The summed E-state index contributed by atoms with van der Waals surface area (Å²) in [6, 6.07) is 5.93. The monoisotopic (exact) mass is 438 g/mol. The van der Waals surface area contributed by atoms with Crippen LogP contribution < -0.4 is 5.32 Å². The van der Waals surface area contributed by atoms with Crippen molar-refractivity contribution in [3.63, 3.8) is 0 Å². The van der Waals surface area contributed by atoms with Crippen LogP contribution in [0.2, 0.25) is 0 Å². The Hall–Kier alpha value is -4.58. The number of hydrogen-bond acceptors (Lipinski definition) is 6. The second-order valence-electron chi connectivity index (χ2n) is 7.79. The number of rotatable bonds is 6. The Kier molecular flexibility index (Phi) is 5.83. The third-order valence-electron chi connectivity index (χ3n) is 5.05. The van der Waals surface area contributed by atoms with Crippen LogP contribution in [0.25, 0.3) is 39.3 Å². The van der Waals surface area contributed by atoms with Crippen LogP contribution >= 0.6 is 0 Å². The van der Waals surface area contributed by atoms with Crippen molar-refractivity contribution in [3.8, 4) is 28.7 Å². The number of anilines is 1. The Balaban J connectivity index is 1.74. The number of amides is 1. The molecule has 0 saturated carbocycles. The molecule has 4 aromatic rings. The number of aryl methyl sites for hydroxylation is 1. The molecule has 4 heterocycles. The average molecular weight is 438 g/mol. The second-order valence-corrected chi connectivity index (χ2v) is 7.79. The largest absolute Gasteiger partial charge is 0.340 e. The standard InChI is InChI=1S/C24H22N8O/c1-5-6-15(9-25)20-14(4)28-23(30-20)21-19-8-17(11-27-22(19)32-31-21)16-7-18(12-26-10-16)29-24(33)13(2)3/h5-8,10-13H,1H2,2-4H3,(H,28,30)(H,29,33)(H,27,31,32)/b15-6-. The quantitative estimate of drug-likeness (QED) is 0.301. The highest BCUT2D eigenvalue weighted by Crippen LogP contribution is 2.30. The fourth-order valence-electron chi connectivity index (χ4n) is 3.32. The minimum atomic E-state index is -0.135. The van der Waals surface area contributed by atoms with Crippen molar-refractivity contribution in [2.75, 3.05) is 5.32 Å². The van der Waals surface area contributed by atoms with Gasteiger partial charge in [0.15, 0.2) is 11.5 Å². The van der Waals surface area contributed by atoms with Crippen LogP contribution in [0, 0.1) is 24.2 Å². The summed E-state index contributed by atoms with van der Waals surface area (Å²) in [7, 11) is 0. The SMILES string of the molecule is C=C/C=C(/C#N)c1nc(-c2[nH]nc3ncc(-c4cncc(NC(=O)C(C)C)c4)cc23)[nH]c1C. The number of aromatic nitrogens is 6. The first-order chi connectivity index (χ1) is 15.9. The number of nitrogens with one attached hydrogen (secondary N) is 3. The summed E-state index contributed by atoms with van der Waals surface area (Å²) in [4.78, 5) is 28.6. The van der Waals surface area contributed by atoms with Gasteiger partial charge in [0.2, 0.25) is 5.91 Å². The van der Waals surface area contributed by atoms with Gasteiger partial charge in [-0.05, 0) is 25.1 Å². The normalized spacial score (nSPS) is 11.5. The van der Waals surface area contributed by atoms with Gasteiger partial charge in [0.1, 0.15) is 17.5 Å². The Morgan fingerprint density at radius 3 is 2.76 bits per heavy atom. The molecule has 4 rings (SSSR count). The maximum atomic E-state index is 12.0. The zero-order valence-electron chi connectivity index (χ0n) is 18.5. The number of nitriles is 1. The topological polar surface area (TPSA) is 136 Å². The zero-order valence-corrected chi connectivity index (χ0v) is 18.5. The van der Waals surface area contributed by atoms with Gasteiger partial charge >= 0.3 is 0 Å². The molecule has 0 aromatic carbocycles. The van der Waals surface area contributed by atoms with Crippen molar-refractivity contribution < 1.29 is 4.79 Å². The summed E-state index contributed by atoms with van der Waals surface area (Å²) in [5, 5.41) is 20.3. The number of H-pyrrole nitrogens is 2. The highest BCUT2D eigenvalue weighted by molar-refractivity contribution is 5.94. The van der Waals surface area contributed by atoms with E-state index in [4.69, 9.17) is 0 Å². The van der Waals surface area contributed by atoms with Crippen molar-refractivity contribution in [2.45, 2.75) is 20.8 Å². The first-order valence-electron chi connectivity index (χ1n) is 10.3. The summed E-state index contributed by atoms with van der Waals surface area (Å²) in [5.74, 6) is 0.334. The molecule has 0 radical (unpaired) electrons. The molecule has 1 amide bonds. The lowest BCUT2D eigenvalue weighted by Gasteiger charge is -2.09. The molecule has 164 valence electrons. The number of aromatic amines is 2. The van der Waals surface area contributed by atoms with Gasteiger partial charge < -0.3 is 10.3 Å². The van der Waals surface area contributed by atoms with Gasteiger partial charge in [0.05, 0.1) is 22.8 Å². The predicted molar refractivity (Wildman–Crippen MR) is 127 cm³/mol. The van der Waals surface area contributed by atoms with E-state index < -0.39 is 0 Å². The van der Waals surface area contributed by atoms with E-state index in [0.717, 1.165) is 22.2 Å². The highest BCUT2D eigenvalue weighted by Gasteiger charge is 2.17. The molecule has 0 unspecified atom stereocenters. The molecule has 0 aliphatic heterocycles. The number of nitrogens with zero attached hydrogens (tertiary/aromatic N) is 5. The van der Waals surface area contributed by atoms with Gasteiger partial charge in [-0.2, -0.15) is 10.4 Å². The zero-order chi connectivity index (χ0) is 23.5. The fraction of sp³-hybridized carbons (Fsp3) is 0.167. The molecule has 0 aliphatic carbocycles. The van der Waals surface area contributed by atoms with Crippen LogP contribution in [0.15, 0.2) is 49.5 Å². The Morgan fingerprint density at radius 1 is 1.24 bits per heavy atom. The number of fused-ring (bicyclic) bond motifs is 1. The minimum absolute atomic E-state index is 0.0779. The molecule has 0 saturated heterocycles. The molecule has 0 bridgehead atoms. The summed E-state index contributed by atoms with van der Waals surface area (Å²) in [6.07, 6.45) is 8.20. The van der Waals surface area contributed by atoms with Gasteiger partial charge in [-0.3, -0.25) is 14.9 Å². The average Bonchev–Trinajstić information content (AvgIpc) is 3.40. The molecule has 9 heteroatoms. The highest BCUT2D eigenvalue weighted by atomic mass is 16.1. The van der Waals surface area contributed by atoms with E-state index in [-0.39, 0.29) is 11.8 Å². The summed E-state index contributed by atoms with van der Waals surface area (Å²) in [5.41, 5.74) is 5.13. The van der Waals surface area contributed by atoms with E-state index in [0.29, 0.717) is 34.1 Å². The lowest BCUT2D eigenvalue weighted by atomic mass is 10.1. The van der Waals surface area contributed by atoms with E-state index in [1.165, 1.54) is 0 Å². The third kappa shape index (κ3) is 4.27. The van der Waals surface area contributed by atoms with Crippen LogP contribution in [-0.2, 0) is 4.79 Å². The molecule has 0 aliphatic rings. The van der Waals surface area contributed by atoms with Crippen LogP contribution in [0.3, 0.4) is 0 Å². The van der Waals surface area contributed by atoms with E-state index >= 15 is 0 Å². The van der Waals surface area contributed by atoms with Crippen LogP contribution in [0.5, 0.6) is 0 Å². The Labute approximate surface area is 190 Å². The Morgan fingerprint density at radius 2 is 2.03 bits per heavy atom. The Bertz CT molecular complexity index is 1430. The maximum absolute atomic E-state index is 12.0. The molecule has 33 heavy (non-hydrogen) atoms. The van der Waals surface area contributed by atoms with Crippen LogP contribution in [0.4, 0.5) is 5.69 Å². The van der Waals surface area contributed by atoms with E-state index in [1.807, 2.05) is 32.9 Å². The first kappa shape index (κ1) is 21.6. The number of carbonyl (C=O) groups excluding carboxylic acids is 1. The number of hydrogen-bond donors (Lipinski definition) is 3. The second kappa shape index (κ2) is 8.88. The minimum Gasteiger partial charge on any atom is -0.340 e. The van der Waals surface area contributed by atoms with Gasteiger partial charge in [-0.1, -0.05) is 26.5 Å². The molecule has 0 spiro atoms.